The Labute approximate surface area is 173 Å². The summed E-state index contributed by atoms with van der Waals surface area (Å²) in [7, 11) is 0. The van der Waals surface area contributed by atoms with Gasteiger partial charge in [-0.05, 0) is 49.3 Å². The number of primary amides is 1. The van der Waals surface area contributed by atoms with E-state index in [1.807, 2.05) is 13.8 Å². The Morgan fingerprint density at radius 3 is 2.29 bits per heavy atom. The fraction of sp³-hybridized carbons (Fsp3) is 0.619. The maximum Gasteiger partial charge on any atom is 0.240 e. The molecule has 1 saturated carbocycles. The number of aromatic hydroxyl groups is 1. The second-order valence-corrected chi connectivity index (χ2v) is 9.11. The van der Waals surface area contributed by atoms with Crippen molar-refractivity contribution in [2.45, 2.75) is 75.7 Å². The van der Waals surface area contributed by atoms with Crippen molar-refractivity contribution in [1.82, 2.24) is 10.6 Å². The lowest BCUT2D eigenvalue weighted by molar-refractivity contribution is -0.129. The minimum absolute atomic E-state index is 0.182. The standard InChI is InChI=1S/C21H33N3O3S/c1-14(2)12-17(19(22)26)23-20(27)18(13-15-6-8-16(25)9-7-15)24-21(28)10-4-3-5-11-21/h6-9,14,17-18,24-25,28H,3-5,10-13H2,1-2H3,(H2,22,26)(H,23,27)/t17-,18-/m0/s1. The van der Waals surface area contributed by atoms with Gasteiger partial charge in [-0.3, -0.25) is 14.9 Å². The van der Waals surface area contributed by atoms with E-state index in [9.17, 15) is 14.7 Å². The van der Waals surface area contributed by atoms with Gasteiger partial charge in [0.1, 0.15) is 11.8 Å². The van der Waals surface area contributed by atoms with Crippen molar-refractivity contribution in [1.29, 1.82) is 0 Å². The maximum atomic E-state index is 13.1. The monoisotopic (exact) mass is 407 g/mol. The number of nitrogens with two attached hydrogens (primary N) is 1. The molecule has 0 unspecified atom stereocenters. The normalized spacial score (nSPS) is 18.4. The second-order valence-electron chi connectivity index (χ2n) is 8.25. The Morgan fingerprint density at radius 2 is 1.75 bits per heavy atom. The quantitative estimate of drug-likeness (QED) is 0.320. The van der Waals surface area contributed by atoms with E-state index in [0.29, 0.717) is 12.8 Å². The van der Waals surface area contributed by atoms with Crippen LogP contribution in [0, 0.1) is 5.92 Å². The molecule has 1 aliphatic carbocycles. The molecule has 0 spiro atoms. The number of carbonyl (C=O) groups is 2. The Balaban J connectivity index is 2.16. The molecule has 0 radical (unpaired) electrons. The van der Waals surface area contributed by atoms with Gasteiger partial charge in [-0.1, -0.05) is 45.2 Å². The molecule has 2 rings (SSSR count). The number of rotatable bonds is 9. The molecular weight excluding hydrogens is 374 g/mol. The van der Waals surface area contributed by atoms with Crippen LogP contribution >= 0.6 is 12.6 Å². The fourth-order valence-electron chi connectivity index (χ4n) is 3.67. The van der Waals surface area contributed by atoms with Gasteiger partial charge in [0.15, 0.2) is 0 Å². The third-order valence-corrected chi connectivity index (χ3v) is 5.76. The van der Waals surface area contributed by atoms with Gasteiger partial charge >= 0.3 is 0 Å². The van der Waals surface area contributed by atoms with E-state index in [0.717, 1.165) is 31.2 Å². The molecular formula is C21H33N3O3S. The molecule has 1 aliphatic rings. The predicted octanol–water partition coefficient (Wildman–Crippen LogP) is 2.50. The first kappa shape index (κ1) is 22.6. The largest absolute Gasteiger partial charge is 0.508 e. The van der Waals surface area contributed by atoms with Crippen LogP contribution in [0.25, 0.3) is 0 Å². The van der Waals surface area contributed by atoms with Crippen LogP contribution in [0.2, 0.25) is 0 Å². The number of thiol groups is 1. The summed E-state index contributed by atoms with van der Waals surface area (Å²) in [6.45, 7) is 3.97. The highest BCUT2D eigenvalue weighted by Crippen LogP contribution is 2.32. The minimum Gasteiger partial charge on any atom is -0.508 e. The number of hydrogen-bond donors (Lipinski definition) is 5. The first-order valence-electron chi connectivity index (χ1n) is 10.1. The lowest BCUT2D eigenvalue weighted by atomic mass is 9.92. The lowest BCUT2D eigenvalue weighted by Gasteiger charge is -2.37. The Hall–Kier alpha value is -1.73. The van der Waals surface area contributed by atoms with E-state index in [1.165, 1.54) is 6.42 Å². The molecule has 7 heteroatoms. The molecule has 0 aliphatic heterocycles. The van der Waals surface area contributed by atoms with E-state index in [1.54, 1.807) is 24.3 Å². The number of phenols is 1. The van der Waals surface area contributed by atoms with Gasteiger partial charge in [0.05, 0.1) is 10.9 Å². The molecule has 28 heavy (non-hydrogen) atoms. The van der Waals surface area contributed by atoms with Gasteiger partial charge in [-0.2, -0.15) is 12.6 Å². The lowest BCUT2D eigenvalue weighted by Crippen LogP contribution is -2.57. The van der Waals surface area contributed by atoms with E-state index in [2.05, 4.69) is 10.6 Å². The third-order valence-electron chi connectivity index (χ3n) is 5.18. The summed E-state index contributed by atoms with van der Waals surface area (Å²) in [5.74, 6) is -0.363. The van der Waals surface area contributed by atoms with Crippen LogP contribution in [0.5, 0.6) is 5.75 Å². The van der Waals surface area contributed by atoms with E-state index >= 15 is 0 Å². The number of benzene rings is 1. The average Bonchev–Trinajstić information content (AvgIpc) is 2.62. The molecule has 0 bridgehead atoms. The molecule has 5 N–H and O–H groups in total. The summed E-state index contributed by atoms with van der Waals surface area (Å²) in [5, 5.41) is 15.8. The van der Waals surface area contributed by atoms with Crippen molar-refractivity contribution < 1.29 is 14.7 Å². The van der Waals surface area contributed by atoms with Crippen molar-refractivity contribution in [2.75, 3.05) is 0 Å². The van der Waals surface area contributed by atoms with Crippen LogP contribution < -0.4 is 16.4 Å². The predicted molar refractivity (Wildman–Crippen MR) is 114 cm³/mol. The third kappa shape index (κ3) is 7.02. The first-order valence-corrected chi connectivity index (χ1v) is 10.5. The Bertz CT molecular complexity index is 657. The van der Waals surface area contributed by atoms with Gasteiger partial charge in [0, 0.05) is 0 Å². The Morgan fingerprint density at radius 1 is 1.14 bits per heavy atom. The first-order chi connectivity index (χ1) is 13.2. The van der Waals surface area contributed by atoms with Gasteiger partial charge in [0.2, 0.25) is 11.8 Å². The zero-order chi connectivity index (χ0) is 20.7. The van der Waals surface area contributed by atoms with Crippen LogP contribution in [-0.2, 0) is 16.0 Å². The Kier molecular flexibility index (Phi) is 8.19. The number of amides is 2. The van der Waals surface area contributed by atoms with Crippen LogP contribution in [0.15, 0.2) is 24.3 Å². The SMILES string of the molecule is CC(C)C[C@H](NC(=O)[C@H](Cc1ccc(O)cc1)NC1(S)CCCCC1)C(N)=O. The molecule has 1 aromatic rings. The van der Waals surface area contributed by atoms with E-state index in [-0.39, 0.29) is 17.6 Å². The summed E-state index contributed by atoms with van der Waals surface area (Å²) in [6.07, 6.45) is 6.03. The summed E-state index contributed by atoms with van der Waals surface area (Å²) >= 11 is 4.83. The molecule has 1 aromatic carbocycles. The summed E-state index contributed by atoms with van der Waals surface area (Å²) in [5.41, 5.74) is 6.41. The zero-order valence-corrected chi connectivity index (χ0v) is 17.7. The van der Waals surface area contributed by atoms with Crippen molar-refractivity contribution >= 4 is 24.4 Å². The second kappa shape index (κ2) is 10.2. The number of phenolic OH excluding ortho intramolecular Hbond substituents is 1. The molecule has 0 saturated heterocycles. The minimum atomic E-state index is -0.696. The fourth-order valence-corrected chi connectivity index (χ4v) is 4.14. The highest BCUT2D eigenvalue weighted by molar-refractivity contribution is 7.81. The van der Waals surface area contributed by atoms with Gasteiger partial charge in [0.25, 0.3) is 0 Å². The summed E-state index contributed by atoms with van der Waals surface area (Å²) < 4.78 is 0. The summed E-state index contributed by atoms with van der Waals surface area (Å²) in [6, 6.07) is 5.55. The van der Waals surface area contributed by atoms with Crippen molar-refractivity contribution in [2.24, 2.45) is 11.7 Å². The molecule has 156 valence electrons. The van der Waals surface area contributed by atoms with E-state index < -0.39 is 22.9 Å². The molecule has 2 amide bonds. The van der Waals surface area contributed by atoms with Crippen molar-refractivity contribution in [3.63, 3.8) is 0 Å². The molecule has 0 heterocycles. The van der Waals surface area contributed by atoms with E-state index in [4.69, 9.17) is 18.4 Å². The van der Waals surface area contributed by atoms with Crippen LogP contribution in [0.1, 0.15) is 57.9 Å². The van der Waals surface area contributed by atoms with Crippen molar-refractivity contribution in [3.8, 4) is 5.75 Å². The maximum absolute atomic E-state index is 13.1. The molecule has 1 fully saturated rings. The zero-order valence-electron chi connectivity index (χ0n) is 16.8. The number of hydrogen-bond acceptors (Lipinski definition) is 5. The smallest absolute Gasteiger partial charge is 0.240 e. The van der Waals surface area contributed by atoms with Gasteiger partial charge in [-0.25, -0.2) is 0 Å². The molecule has 6 nitrogen and oxygen atoms in total. The van der Waals surface area contributed by atoms with Gasteiger partial charge in [-0.15, -0.1) is 0 Å². The number of nitrogens with one attached hydrogen (secondary N) is 2. The highest BCUT2D eigenvalue weighted by atomic mass is 32.1. The topological polar surface area (TPSA) is 104 Å². The summed E-state index contributed by atoms with van der Waals surface area (Å²) in [4.78, 5) is 24.4. The highest BCUT2D eigenvalue weighted by Gasteiger charge is 2.34. The average molecular weight is 408 g/mol. The van der Waals surface area contributed by atoms with Crippen molar-refractivity contribution in [3.05, 3.63) is 29.8 Å². The van der Waals surface area contributed by atoms with Gasteiger partial charge < -0.3 is 16.2 Å². The van der Waals surface area contributed by atoms with Crippen LogP contribution in [-0.4, -0.2) is 33.9 Å². The number of carbonyl (C=O) groups excluding carboxylic acids is 2. The molecule has 2 atom stereocenters. The molecule has 0 aromatic heterocycles. The van der Waals surface area contributed by atoms with Crippen LogP contribution in [0.3, 0.4) is 0 Å². The van der Waals surface area contributed by atoms with Crippen LogP contribution in [0.4, 0.5) is 0 Å².